The van der Waals surface area contributed by atoms with E-state index in [1.807, 2.05) is 0 Å². The third kappa shape index (κ3) is 1.69. The molecule has 4 aliphatic rings. The molecule has 4 saturated carbocycles. The molecular weight excluding hydrogens is 240 g/mol. The summed E-state index contributed by atoms with van der Waals surface area (Å²) in [5, 5.41) is 0. The molecule has 0 spiro atoms. The number of hydrogen-bond donors (Lipinski definition) is 0. The summed E-state index contributed by atoms with van der Waals surface area (Å²) in [6.07, 6.45) is 7.14. The Morgan fingerprint density at radius 1 is 0.950 bits per heavy atom. The van der Waals surface area contributed by atoms with Gasteiger partial charge in [0, 0.05) is 11.0 Å². The molecule has 4 fully saturated rings. The van der Waals surface area contributed by atoms with Gasteiger partial charge in [0.25, 0.3) is 0 Å². The second-order valence-electron chi connectivity index (χ2n) is 7.96. The topological polar surface area (TPSA) is 0 Å². The van der Waals surface area contributed by atoms with Gasteiger partial charge >= 0.3 is 0 Å². The van der Waals surface area contributed by atoms with E-state index >= 15 is 0 Å². The molecule has 0 heterocycles. The van der Waals surface area contributed by atoms with Gasteiger partial charge in [0.05, 0.1) is 0 Å². The van der Waals surface area contributed by atoms with E-state index in [0.717, 1.165) is 17.8 Å². The normalized spacial score (nSPS) is 40.2. The summed E-state index contributed by atoms with van der Waals surface area (Å²) in [5.41, 5.74) is 1.87. The van der Waals surface area contributed by atoms with E-state index in [-0.39, 0.29) is 5.41 Å². The first-order chi connectivity index (χ1) is 9.59. The van der Waals surface area contributed by atoms with Crippen LogP contribution in [0.15, 0.2) is 30.3 Å². The van der Waals surface area contributed by atoms with Crippen LogP contribution >= 0.6 is 0 Å². The first-order valence-corrected chi connectivity index (χ1v) is 8.17. The fourth-order valence-electron chi connectivity index (χ4n) is 5.45. The van der Waals surface area contributed by atoms with Gasteiger partial charge in [-0.15, -0.1) is 0 Å². The van der Waals surface area contributed by atoms with Crippen molar-refractivity contribution in [2.75, 3.05) is 0 Å². The molecule has 2 unspecified atom stereocenters. The van der Waals surface area contributed by atoms with E-state index in [2.05, 4.69) is 56.0 Å². The van der Waals surface area contributed by atoms with Gasteiger partial charge in [0.2, 0.25) is 0 Å². The van der Waals surface area contributed by atoms with Gasteiger partial charge in [-0.2, -0.15) is 0 Å². The fourth-order valence-corrected chi connectivity index (χ4v) is 5.45. The molecule has 104 valence electrons. The highest BCUT2D eigenvalue weighted by Crippen LogP contribution is 2.68. The Morgan fingerprint density at radius 2 is 1.60 bits per heavy atom. The smallest absolute Gasteiger partial charge is 0.0377 e. The zero-order valence-electron chi connectivity index (χ0n) is 12.7. The molecule has 0 saturated heterocycles. The highest BCUT2D eigenvalue weighted by molar-refractivity contribution is 5.37. The molecule has 1 aromatic carbocycles. The summed E-state index contributed by atoms with van der Waals surface area (Å²) in [6.45, 7) is 4.99. The third-order valence-electron chi connectivity index (χ3n) is 6.65. The molecule has 2 atom stereocenters. The van der Waals surface area contributed by atoms with Gasteiger partial charge in [-0.25, -0.2) is 0 Å². The van der Waals surface area contributed by atoms with Crippen molar-refractivity contribution in [2.24, 2.45) is 28.6 Å². The second-order valence-corrected chi connectivity index (χ2v) is 7.96. The maximum atomic E-state index is 3.78. The Kier molecular flexibility index (Phi) is 2.59. The summed E-state index contributed by atoms with van der Waals surface area (Å²) in [7, 11) is 0. The molecule has 5 rings (SSSR count). The van der Waals surface area contributed by atoms with Crippen LogP contribution in [0, 0.1) is 40.4 Å². The van der Waals surface area contributed by atoms with Crippen LogP contribution in [-0.2, 0) is 0 Å². The van der Waals surface area contributed by atoms with E-state index in [1.165, 1.54) is 37.7 Å². The summed E-state index contributed by atoms with van der Waals surface area (Å²) >= 11 is 0. The molecular formula is C20H24. The highest BCUT2D eigenvalue weighted by atomic mass is 14.6. The Labute approximate surface area is 123 Å². The Bertz CT molecular complexity index is 555. The van der Waals surface area contributed by atoms with E-state index in [4.69, 9.17) is 0 Å². The lowest BCUT2D eigenvalue weighted by molar-refractivity contribution is -0.127. The maximum Gasteiger partial charge on any atom is 0.0377 e. The van der Waals surface area contributed by atoms with Crippen LogP contribution in [0.5, 0.6) is 0 Å². The summed E-state index contributed by atoms with van der Waals surface area (Å²) in [4.78, 5) is 0. The molecule has 4 bridgehead atoms. The Hall–Kier alpha value is -1.22. The Morgan fingerprint density at radius 3 is 2.25 bits per heavy atom. The molecule has 20 heavy (non-hydrogen) atoms. The van der Waals surface area contributed by atoms with Crippen LogP contribution in [0.1, 0.15) is 51.5 Å². The number of benzene rings is 1. The van der Waals surface area contributed by atoms with Crippen LogP contribution < -0.4 is 0 Å². The first-order valence-electron chi connectivity index (χ1n) is 8.17. The molecule has 0 amide bonds. The molecule has 0 N–H and O–H groups in total. The molecule has 4 aliphatic carbocycles. The lowest BCUT2D eigenvalue weighted by Gasteiger charge is -2.64. The average Bonchev–Trinajstić information content (AvgIpc) is 2.43. The average molecular weight is 264 g/mol. The molecule has 0 nitrogen and oxygen atoms in total. The molecule has 0 aliphatic heterocycles. The SMILES string of the molecule is CC1(C)C2CC3CC(C2)CC1(C#Cc1ccccc1)C3. The Balaban J connectivity index is 1.74. The van der Waals surface area contributed by atoms with Crippen molar-refractivity contribution in [2.45, 2.75) is 46.0 Å². The zero-order valence-corrected chi connectivity index (χ0v) is 12.7. The quantitative estimate of drug-likeness (QED) is 0.585. The van der Waals surface area contributed by atoms with Crippen molar-refractivity contribution in [1.29, 1.82) is 0 Å². The van der Waals surface area contributed by atoms with Crippen molar-refractivity contribution in [3.63, 3.8) is 0 Å². The van der Waals surface area contributed by atoms with Gasteiger partial charge in [-0.3, -0.25) is 0 Å². The minimum atomic E-state index is 0.289. The standard InChI is InChI=1S/C20H24/c1-19(2)18-11-16-10-17(12-18)14-20(19,13-16)9-8-15-6-4-3-5-7-15/h3-7,16-18H,10-14H2,1-2H3. The molecule has 1 aromatic rings. The minimum Gasteiger partial charge on any atom is -0.0905 e. The number of hydrogen-bond acceptors (Lipinski definition) is 0. The van der Waals surface area contributed by atoms with Crippen LogP contribution in [-0.4, -0.2) is 0 Å². The number of rotatable bonds is 0. The van der Waals surface area contributed by atoms with E-state index < -0.39 is 0 Å². The monoisotopic (exact) mass is 264 g/mol. The van der Waals surface area contributed by atoms with Gasteiger partial charge in [0.1, 0.15) is 0 Å². The summed E-state index contributed by atoms with van der Waals surface area (Å²) in [6, 6.07) is 10.5. The van der Waals surface area contributed by atoms with Crippen molar-refractivity contribution in [3.8, 4) is 11.8 Å². The van der Waals surface area contributed by atoms with Crippen LogP contribution in [0.25, 0.3) is 0 Å². The molecule has 0 radical (unpaired) electrons. The maximum absolute atomic E-state index is 3.78. The van der Waals surface area contributed by atoms with Gasteiger partial charge in [-0.05, 0) is 67.4 Å². The lowest BCUT2D eigenvalue weighted by Crippen LogP contribution is -2.56. The van der Waals surface area contributed by atoms with Gasteiger partial charge in [0.15, 0.2) is 0 Å². The predicted octanol–water partition coefficient (Wildman–Crippen LogP) is 4.89. The first kappa shape index (κ1) is 12.5. The van der Waals surface area contributed by atoms with Crippen LogP contribution in [0.4, 0.5) is 0 Å². The van der Waals surface area contributed by atoms with Gasteiger partial charge in [-0.1, -0.05) is 43.9 Å². The van der Waals surface area contributed by atoms with Crippen LogP contribution in [0.2, 0.25) is 0 Å². The van der Waals surface area contributed by atoms with Crippen molar-refractivity contribution < 1.29 is 0 Å². The van der Waals surface area contributed by atoms with Crippen molar-refractivity contribution >= 4 is 0 Å². The highest BCUT2D eigenvalue weighted by Gasteiger charge is 2.60. The van der Waals surface area contributed by atoms with Crippen LogP contribution in [0.3, 0.4) is 0 Å². The minimum absolute atomic E-state index is 0.289. The second kappa shape index (κ2) is 4.14. The lowest BCUT2D eigenvalue weighted by atomic mass is 9.40. The predicted molar refractivity (Wildman–Crippen MR) is 83.1 cm³/mol. The van der Waals surface area contributed by atoms with E-state index in [1.54, 1.807) is 0 Å². The zero-order chi connectivity index (χ0) is 13.8. The summed E-state index contributed by atoms with van der Waals surface area (Å²) < 4.78 is 0. The summed E-state index contributed by atoms with van der Waals surface area (Å²) in [5.74, 6) is 10.1. The van der Waals surface area contributed by atoms with E-state index in [0.29, 0.717) is 5.41 Å². The molecule has 0 heteroatoms. The largest absolute Gasteiger partial charge is 0.0905 e. The molecule has 0 aromatic heterocycles. The van der Waals surface area contributed by atoms with E-state index in [9.17, 15) is 0 Å². The van der Waals surface area contributed by atoms with Crippen molar-refractivity contribution in [1.82, 2.24) is 0 Å². The van der Waals surface area contributed by atoms with Crippen molar-refractivity contribution in [3.05, 3.63) is 35.9 Å². The third-order valence-corrected chi connectivity index (χ3v) is 6.65. The fraction of sp³-hybridized carbons (Fsp3) is 0.600. The van der Waals surface area contributed by atoms with Gasteiger partial charge < -0.3 is 0 Å².